The summed E-state index contributed by atoms with van der Waals surface area (Å²) in [6.45, 7) is 3.67. The van der Waals surface area contributed by atoms with E-state index in [1.54, 1.807) is 19.1 Å². The second kappa shape index (κ2) is 6.53. The summed E-state index contributed by atoms with van der Waals surface area (Å²) in [4.78, 5) is 16.6. The summed E-state index contributed by atoms with van der Waals surface area (Å²) in [5, 5.41) is 3.46. The summed E-state index contributed by atoms with van der Waals surface area (Å²) in [6.07, 6.45) is 0.229. The van der Waals surface area contributed by atoms with Crippen LogP contribution in [0.5, 0.6) is 5.75 Å². The molecule has 0 spiro atoms. The van der Waals surface area contributed by atoms with Crippen molar-refractivity contribution in [2.75, 3.05) is 12.4 Å². The molecule has 24 heavy (non-hydrogen) atoms. The highest BCUT2D eigenvalue weighted by atomic mass is 35.5. The summed E-state index contributed by atoms with van der Waals surface area (Å²) >= 11 is 6.08. The van der Waals surface area contributed by atoms with Crippen LogP contribution in [0.25, 0.3) is 11.1 Å². The second-order valence-electron chi connectivity index (χ2n) is 5.56. The third kappa shape index (κ3) is 3.36. The lowest BCUT2D eigenvalue weighted by Gasteiger charge is -2.12. The van der Waals surface area contributed by atoms with Gasteiger partial charge in [-0.1, -0.05) is 17.7 Å². The van der Waals surface area contributed by atoms with Gasteiger partial charge >= 0.3 is 0 Å². The number of fused-ring (bicyclic) bond motifs is 1. The van der Waals surface area contributed by atoms with Crippen molar-refractivity contribution >= 4 is 34.3 Å². The van der Waals surface area contributed by atoms with Crippen LogP contribution in [0.3, 0.4) is 0 Å². The Morgan fingerprint density at radius 1 is 1.29 bits per heavy atom. The Bertz CT molecular complexity index is 918. The first kappa shape index (κ1) is 16.3. The van der Waals surface area contributed by atoms with Crippen molar-refractivity contribution in [1.82, 2.24) is 4.98 Å². The number of anilines is 1. The molecule has 0 saturated carbocycles. The first-order valence-corrected chi connectivity index (χ1v) is 7.84. The number of nitrogens with zero attached hydrogens (tertiary/aromatic N) is 1. The third-order valence-electron chi connectivity index (χ3n) is 3.68. The maximum atomic E-state index is 12.3. The van der Waals surface area contributed by atoms with Gasteiger partial charge in [0.15, 0.2) is 11.5 Å². The van der Waals surface area contributed by atoms with Gasteiger partial charge in [-0.15, -0.1) is 0 Å². The minimum absolute atomic E-state index is 0.144. The molecule has 3 rings (SSSR count). The Morgan fingerprint density at radius 2 is 2.08 bits per heavy atom. The van der Waals surface area contributed by atoms with Gasteiger partial charge in [-0.25, -0.2) is 4.98 Å². The van der Waals surface area contributed by atoms with Crippen LogP contribution < -0.4 is 10.1 Å². The number of rotatable bonds is 4. The number of oxazole rings is 1. The molecule has 0 fully saturated rings. The Hall–Kier alpha value is -2.53. The molecule has 1 aromatic heterocycles. The van der Waals surface area contributed by atoms with Gasteiger partial charge in [-0.3, -0.25) is 4.79 Å². The van der Waals surface area contributed by atoms with Crippen molar-refractivity contribution in [2.45, 2.75) is 20.3 Å². The number of aryl methyl sites for hydroxylation is 2. The molecule has 1 N–H and O–H groups in total. The minimum Gasteiger partial charge on any atom is -0.495 e. The molecule has 5 nitrogen and oxygen atoms in total. The third-order valence-corrected chi connectivity index (χ3v) is 4.09. The van der Waals surface area contributed by atoms with Crippen LogP contribution in [0.2, 0.25) is 5.02 Å². The predicted molar refractivity (Wildman–Crippen MR) is 93.8 cm³/mol. The standard InChI is InChI=1S/C18H17ClN2O3/c1-10-6-14(17(23-3)9-13(10)19)21-18(22)8-12-4-5-16-15(7-12)20-11(2)24-16/h4-7,9H,8H2,1-3H3,(H,21,22). The van der Waals surface area contributed by atoms with Gasteiger partial charge in [0.1, 0.15) is 11.3 Å². The number of nitrogens with one attached hydrogen (secondary N) is 1. The van der Waals surface area contributed by atoms with E-state index in [1.807, 2.05) is 25.1 Å². The lowest BCUT2D eigenvalue weighted by Crippen LogP contribution is -2.15. The highest BCUT2D eigenvalue weighted by Gasteiger charge is 2.12. The minimum atomic E-state index is -0.144. The van der Waals surface area contributed by atoms with E-state index in [-0.39, 0.29) is 12.3 Å². The van der Waals surface area contributed by atoms with Crippen LogP contribution in [0.15, 0.2) is 34.7 Å². The van der Waals surface area contributed by atoms with E-state index in [9.17, 15) is 4.79 Å². The quantitative estimate of drug-likeness (QED) is 0.766. The lowest BCUT2D eigenvalue weighted by atomic mass is 10.1. The van der Waals surface area contributed by atoms with Gasteiger partial charge in [0.25, 0.3) is 0 Å². The number of carbonyl (C=O) groups excluding carboxylic acids is 1. The zero-order chi connectivity index (χ0) is 17.3. The van der Waals surface area contributed by atoms with Crippen LogP contribution in [0, 0.1) is 13.8 Å². The van der Waals surface area contributed by atoms with Crippen LogP contribution in [0.1, 0.15) is 17.0 Å². The molecular weight excluding hydrogens is 328 g/mol. The highest BCUT2D eigenvalue weighted by molar-refractivity contribution is 6.31. The molecule has 0 bridgehead atoms. The molecule has 6 heteroatoms. The molecule has 0 atom stereocenters. The SMILES string of the molecule is COc1cc(Cl)c(C)cc1NC(=O)Cc1ccc2oc(C)nc2c1. The molecule has 1 amide bonds. The summed E-state index contributed by atoms with van der Waals surface area (Å²) in [5.74, 6) is 0.990. The number of aromatic nitrogens is 1. The molecule has 2 aromatic carbocycles. The van der Waals surface area contributed by atoms with Crippen molar-refractivity contribution in [3.63, 3.8) is 0 Å². The lowest BCUT2D eigenvalue weighted by molar-refractivity contribution is -0.115. The zero-order valence-electron chi connectivity index (χ0n) is 13.6. The number of ether oxygens (including phenoxy) is 1. The second-order valence-corrected chi connectivity index (χ2v) is 5.97. The number of benzene rings is 2. The maximum Gasteiger partial charge on any atom is 0.228 e. The molecule has 0 radical (unpaired) electrons. The fourth-order valence-electron chi connectivity index (χ4n) is 2.51. The largest absolute Gasteiger partial charge is 0.495 e. The molecule has 0 saturated heterocycles. The van der Waals surface area contributed by atoms with Crippen LogP contribution >= 0.6 is 11.6 Å². The van der Waals surface area contributed by atoms with E-state index < -0.39 is 0 Å². The average molecular weight is 345 g/mol. The fraction of sp³-hybridized carbons (Fsp3) is 0.222. The summed E-state index contributed by atoms with van der Waals surface area (Å²) in [6, 6.07) is 9.03. The van der Waals surface area contributed by atoms with Gasteiger partial charge in [0.05, 0.1) is 19.2 Å². The zero-order valence-corrected chi connectivity index (χ0v) is 14.4. The van der Waals surface area contributed by atoms with Crippen molar-refractivity contribution < 1.29 is 13.9 Å². The normalized spacial score (nSPS) is 10.8. The smallest absolute Gasteiger partial charge is 0.228 e. The molecule has 0 aliphatic heterocycles. The predicted octanol–water partition coefficient (Wildman–Crippen LogP) is 4.29. The van der Waals surface area contributed by atoms with Gasteiger partial charge < -0.3 is 14.5 Å². The van der Waals surface area contributed by atoms with E-state index in [0.717, 1.165) is 16.6 Å². The van der Waals surface area contributed by atoms with Crippen molar-refractivity contribution in [1.29, 1.82) is 0 Å². The summed E-state index contributed by atoms with van der Waals surface area (Å²) < 4.78 is 10.7. The molecule has 124 valence electrons. The Labute approximate surface area is 144 Å². The van der Waals surface area contributed by atoms with E-state index >= 15 is 0 Å². The molecule has 1 heterocycles. The topological polar surface area (TPSA) is 64.4 Å². The number of hydrogen-bond acceptors (Lipinski definition) is 4. The molecular formula is C18H17ClN2O3. The maximum absolute atomic E-state index is 12.3. The Morgan fingerprint density at radius 3 is 2.83 bits per heavy atom. The number of halogens is 1. The number of hydrogen-bond donors (Lipinski definition) is 1. The first-order chi connectivity index (χ1) is 11.5. The number of methoxy groups -OCH3 is 1. The van der Waals surface area contributed by atoms with Crippen LogP contribution in [-0.4, -0.2) is 18.0 Å². The van der Waals surface area contributed by atoms with Gasteiger partial charge in [-0.2, -0.15) is 0 Å². The van der Waals surface area contributed by atoms with Crippen molar-refractivity contribution in [3.8, 4) is 5.75 Å². The van der Waals surface area contributed by atoms with E-state index in [1.165, 1.54) is 7.11 Å². The Kier molecular flexibility index (Phi) is 4.44. The number of carbonyl (C=O) groups is 1. The summed E-state index contributed by atoms with van der Waals surface area (Å²) in [5.41, 5.74) is 3.79. The van der Waals surface area contributed by atoms with Gasteiger partial charge in [0.2, 0.25) is 5.91 Å². The number of amides is 1. The fourth-order valence-corrected chi connectivity index (χ4v) is 2.66. The molecule has 0 unspecified atom stereocenters. The van der Waals surface area contributed by atoms with Gasteiger partial charge in [0, 0.05) is 18.0 Å². The summed E-state index contributed by atoms with van der Waals surface area (Å²) in [7, 11) is 1.54. The molecule has 3 aromatic rings. The van der Waals surface area contributed by atoms with E-state index in [2.05, 4.69) is 10.3 Å². The monoisotopic (exact) mass is 344 g/mol. The highest BCUT2D eigenvalue weighted by Crippen LogP contribution is 2.31. The molecule has 0 aliphatic rings. The van der Waals surface area contributed by atoms with Gasteiger partial charge in [-0.05, 0) is 36.2 Å². The molecule has 0 aliphatic carbocycles. The van der Waals surface area contributed by atoms with Crippen LogP contribution in [0.4, 0.5) is 5.69 Å². The Balaban J connectivity index is 1.78. The average Bonchev–Trinajstić information content (AvgIpc) is 2.90. The van der Waals surface area contributed by atoms with Crippen molar-refractivity contribution in [3.05, 3.63) is 52.4 Å². The van der Waals surface area contributed by atoms with Crippen LogP contribution in [-0.2, 0) is 11.2 Å². The van der Waals surface area contributed by atoms with E-state index in [4.69, 9.17) is 20.8 Å². The van der Waals surface area contributed by atoms with Crippen molar-refractivity contribution in [2.24, 2.45) is 0 Å². The van der Waals surface area contributed by atoms with E-state index in [0.29, 0.717) is 27.9 Å². The first-order valence-electron chi connectivity index (χ1n) is 7.46.